The summed E-state index contributed by atoms with van der Waals surface area (Å²) >= 11 is 3.63. The second kappa shape index (κ2) is 5.30. The maximum absolute atomic E-state index is 6.22. The van der Waals surface area contributed by atoms with Crippen molar-refractivity contribution in [2.45, 2.75) is 56.8 Å². The van der Waals surface area contributed by atoms with E-state index in [2.05, 4.69) is 46.4 Å². The molecule has 3 N–H and O–H groups in total. The molecule has 0 saturated heterocycles. The van der Waals surface area contributed by atoms with Crippen molar-refractivity contribution >= 4 is 21.8 Å². The molecule has 0 radical (unpaired) electrons. The molecule has 0 unspecified atom stereocenters. The number of nitrogens with zero attached hydrogens (tertiary/aromatic N) is 1. The largest absolute Gasteiger partial charge is 0.386 e. The summed E-state index contributed by atoms with van der Waals surface area (Å²) < 4.78 is 6.70. The SMILES string of the molecule is COC1CCC2(CC1)Cc1ccc(Br)cc1[C@@]21N=C(N)[C@H](C)N1. The number of hydrogen-bond acceptors (Lipinski definition) is 4. The van der Waals surface area contributed by atoms with Crippen LogP contribution in [0.3, 0.4) is 0 Å². The summed E-state index contributed by atoms with van der Waals surface area (Å²) in [6.07, 6.45) is 5.89. The fourth-order valence-corrected chi connectivity index (χ4v) is 5.22. The second-order valence-corrected chi connectivity index (χ2v) is 8.22. The molecular formula is C18H24BrN3O. The molecule has 1 aliphatic heterocycles. The normalized spacial score (nSPS) is 39.0. The lowest BCUT2D eigenvalue weighted by atomic mass is 9.65. The van der Waals surface area contributed by atoms with Crippen LogP contribution >= 0.6 is 15.9 Å². The molecule has 23 heavy (non-hydrogen) atoms. The molecule has 1 aromatic carbocycles. The van der Waals surface area contributed by atoms with Gasteiger partial charge < -0.3 is 10.5 Å². The molecule has 4 nitrogen and oxygen atoms in total. The van der Waals surface area contributed by atoms with Crippen LogP contribution in [-0.4, -0.2) is 25.1 Å². The van der Waals surface area contributed by atoms with Crippen molar-refractivity contribution in [2.24, 2.45) is 16.1 Å². The van der Waals surface area contributed by atoms with Crippen LogP contribution in [0.2, 0.25) is 0 Å². The fraction of sp³-hybridized carbons (Fsp3) is 0.611. The van der Waals surface area contributed by atoms with Gasteiger partial charge >= 0.3 is 0 Å². The van der Waals surface area contributed by atoms with Crippen LogP contribution in [-0.2, 0) is 16.8 Å². The highest BCUT2D eigenvalue weighted by Gasteiger charge is 2.61. The molecule has 2 atom stereocenters. The number of methoxy groups -OCH3 is 1. The summed E-state index contributed by atoms with van der Waals surface area (Å²) in [5.41, 5.74) is 8.67. The van der Waals surface area contributed by atoms with E-state index in [1.165, 1.54) is 11.1 Å². The van der Waals surface area contributed by atoms with Gasteiger partial charge in [-0.2, -0.15) is 0 Å². The van der Waals surface area contributed by atoms with Crippen LogP contribution in [0.4, 0.5) is 0 Å². The van der Waals surface area contributed by atoms with Crippen molar-refractivity contribution in [1.82, 2.24) is 5.32 Å². The molecule has 1 aromatic rings. The standard InChI is InChI=1S/C18H24BrN3O/c1-11-16(20)22-18(21-11)15-9-13(19)4-3-12(15)10-17(18)7-5-14(23-2)6-8-17/h3-4,9,11,14,21H,5-8,10H2,1-2H3,(H2,20,22)/t11-,14?,17?,18+/m0/s1. The van der Waals surface area contributed by atoms with Gasteiger partial charge in [0.1, 0.15) is 11.5 Å². The molecule has 4 rings (SSSR count). The van der Waals surface area contributed by atoms with E-state index in [1.54, 1.807) is 0 Å². The number of ether oxygens (including phenoxy) is 1. The third kappa shape index (κ3) is 2.13. The Hall–Kier alpha value is -0.910. The highest BCUT2D eigenvalue weighted by atomic mass is 79.9. The molecule has 1 fully saturated rings. The van der Waals surface area contributed by atoms with E-state index in [4.69, 9.17) is 15.5 Å². The molecule has 1 heterocycles. The lowest BCUT2D eigenvalue weighted by molar-refractivity contribution is -0.0113. The molecule has 2 aliphatic carbocycles. The lowest BCUT2D eigenvalue weighted by Gasteiger charge is -2.46. The van der Waals surface area contributed by atoms with Crippen molar-refractivity contribution in [3.05, 3.63) is 33.8 Å². The smallest absolute Gasteiger partial charge is 0.145 e. The van der Waals surface area contributed by atoms with Gasteiger partial charge in [-0.3, -0.25) is 5.32 Å². The first-order valence-corrected chi connectivity index (χ1v) is 9.24. The Labute approximate surface area is 146 Å². The second-order valence-electron chi connectivity index (χ2n) is 7.31. The highest BCUT2D eigenvalue weighted by molar-refractivity contribution is 9.10. The summed E-state index contributed by atoms with van der Waals surface area (Å²) in [6.45, 7) is 2.11. The van der Waals surface area contributed by atoms with Crippen molar-refractivity contribution < 1.29 is 4.74 Å². The minimum atomic E-state index is -0.367. The fourth-order valence-electron chi connectivity index (χ4n) is 4.86. The van der Waals surface area contributed by atoms with Gasteiger partial charge in [0.2, 0.25) is 0 Å². The number of nitrogens with two attached hydrogens (primary N) is 1. The van der Waals surface area contributed by atoms with E-state index in [9.17, 15) is 0 Å². The van der Waals surface area contributed by atoms with Crippen LogP contribution in [0.25, 0.3) is 0 Å². The number of halogens is 1. The van der Waals surface area contributed by atoms with Gasteiger partial charge in [-0.15, -0.1) is 0 Å². The number of fused-ring (bicyclic) bond motifs is 3. The topological polar surface area (TPSA) is 59.6 Å². The average molecular weight is 378 g/mol. The third-order valence-electron chi connectivity index (χ3n) is 6.15. The number of hydrogen-bond donors (Lipinski definition) is 2. The third-order valence-corrected chi connectivity index (χ3v) is 6.64. The molecule has 124 valence electrons. The first-order chi connectivity index (χ1) is 11.0. The molecule has 0 aromatic heterocycles. The van der Waals surface area contributed by atoms with E-state index < -0.39 is 0 Å². The van der Waals surface area contributed by atoms with Gasteiger partial charge in [-0.1, -0.05) is 22.0 Å². The van der Waals surface area contributed by atoms with E-state index >= 15 is 0 Å². The van der Waals surface area contributed by atoms with Crippen LogP contribution in [0.5, 0.6) is 0 Å². The molecule has 0 amide bonds. The number of aliphatic imine (C=N–C) groups is 1. The monoisotopic (exact) mass is 377 g/mol. The zero-order valence-corrected chi connectivity index (χ0v) is 15.3. The Balaban J connectivity index is 1.82. The predicted octanol–water partition coefficient (Wildman–Crippen LogP) is 3.08. The van der Waals surface area contributed by atoms with Gasteiger partial charge in [-0.05, 0) is 62.3 Å². The van der Waals surface area contributed by atoms with Crippen LogP contribution in [0.1, 0.15) is 43.7 Å². The number of nitrogens with one attached hydrogen (secondary N) is 1. The van der Waals surface area contributed by atoms with Crippen molar-refractivity contribution in [2.75, 3.05) is 7.11 Å². The minimum Gasteiger partial charge on any atom is -0.386 e. The predicted molar refractivity (Wildman–Crippen MR) is 95.4 cm³/mol. The van der Waals surface area contributed by atoms with Gasteiger partial charge in [0.05, 0.1) is 12.1 Å². The van der Waals surface area contributed by atoms with E-state index in [1.807, 2.05) is 7.11 Å². The average Bonchev–Trinajstić information content (AvgIpc) is 2.97. The number of amidine groups is 1. The molecule has 0 bridgehead atoms. The summed E-state index contributed by atoms with van der Waals surface area (Å²) in [4.78, 5) is 5.03. The number of rotatable bonds is 1. The summed E-state index contributed by atoms with van der Waals surface area (Å²) in [5, 5.41) is 3.77. The lowest BCUT2D eigenvalue weighted by Crippen LogP contribution is -2.53. The maximum Gasteiger partial charge on any atom is 0.145 e. The molecule has 5 heteroatoms. The first kappa shape index (κ1) is 15.6. The molecule has 2 spiro atoms. The Kier molecular flexibility index (Phi) is 3.59. The van der Waals surface area contributed by atoms with Crippen LogP contribution in [0, 0.1) is 5.41 Å². The highest BCUT2D eigenvalue weighted by Crippen LogP contribution is 2.60. The quantitative estimate of drug-likeness (QED) is 0.790. The molecule has 3 aliphatic rings. The first-order valence-electron chi connectivity index (χ1n) is 8.44. The Morgan fingerprint density at radius 2 is 2.09 bits per heavy atom. The zero-order valence-electron chi connectivity index (χ0n) is 13.7. The van der Waals surface area contributed by atoms with Gasteiger partial charge in [0.25, 0.3) is 0 Å². The van der Waals surface area contributed by atoms with Crippen LogP contribution < -0.4 is 11.1 Å². The Morgan fingerprint density at radius 1 is 1.35 bits per heavy atom. The number of benzene rings is 1. The van der Waals surface area contributed by atoms with E-state index in [0.29, 0.717) is 6.10 Å². The van der Waals surface area contributed by atoms with Gasteiger partial charge in [-0.25, -0.2) is 4.99 Å². The Bertz CT molecular complexity index is 666. The van der Waals surface area contributed by atoms with Crippen molar-refractivity contribution in [1.29, 1.82) is 0 Å². The molecule has 1 saturated carbocycles. The maximum atomic E-state index is 6.22. The summed E-state index contributed by atoms with van der Waals surface area (Å²) in [5.74, 6) is 0.728. The zero-order chi connectivity index (χ0) is 16.2. The van der Waals surface area contributed by atoms with Gasteiger partial charge in [0, 0.05) is 17.0 Å². The van der Waals surface area contributed by atoms with Crippen LogP contribution in [0.15, 0.2) is 27.7 Å². The van der Waals surface area contributed by atoms with Crippen molar-refractivity contribution in [3.8, 4) is 0 Å². The van der Waals surface area contributed by atoms with E-state index in [-0.39, 0.29) is 17.1 Å². The summed E-state index contributed by atoms with van der Waals surface area (Å²) in [6, 6.07) is 6.73. The molecular weight excluding hydrogens is 354 g/mol. The van der Waals surface area contributed by atoms with E-state index in [0.717, 1.165) is 42.4 Å². The summed E-state index contributed by atoms with van der Waals surface area (Å²) in [7, 11) is 1.82. The van der Waals surface area contributed by atoms with Gasteiger partial charge in [0.15, 0.2) is 0 Å². The Morgan fingerprint density at radius 3 is 2.70 bits per heavy atom. The minimum absolute atomic E-state index is 0.112. The van der Waals surface area contributed by atoms with Crippen molar-refractivity contribution in [3.63, 3.8) is 0 Å².